The van der Waals surface area contributed by atoms with Crippen LogP contribution in [-0.4, -0.2) is 40.7 Å². The van der Waals surface area contributed by atoms with Gasteiger partial charge in [-0.2, -0.15) is 9.78 Å². The van der Waals surface area contributed by atoms with E-state index in [9.17, 15) is 9.59 Å². The third-order valence-corrected chi connectivity index (χ3v) is 6.30. The molecule has 9 nitrogen and oxygen atoms in total. The van der Waals surface area contributed by atoms with Gasteiger partial charge in [0.15, 0.2) is 12.4 Å². The lowest BCUT2D eigenvalue weighted by atomic mass is 10.0. The number of hydrogen-bond donors (Lipinski definition) is 1. The van der Waals surface area contributed by atoms with E-state index in [4.69, 9.17) is 24.0 Å². The standard InChI is InChI=1S/C30H21N3O6/c1-37-24-11-6-12-26-21(24)15-27(39-26)29-32-23-10-5-4-9-20(23)30(36)33(29)31-16-22-19-8-3-2-7-18(19)13-14-25(22)38-17-28(34)35/h2-16H,17H2,1H3,(H,34,35). The number of fused-ring (bicyclic) bond motifs is 3. The molecule has 192 valence electrons. The number of ether oxygens (including phenoxy) is 2. The van der Waals surface area contributed by atoms with Crippen molar-refractivity contribution < 1.29 is 23.8 Å². The molecule has 0 aliphatic carbocycles. The Hall–Kier alpha value is -5.44. The molecule has 4 aromatic carbocycles. The zero-order valence-corrected chi connectivity index (χ0v) is 20.7. The van der Waals surface area contributed by atoms with E-state index in [1.54, 1.807) is 49.6 Å². The summed E-state index contributed by atoms with van der Waals surface area (Å²) in [7, 11) is 1.57. The highest BCUT2D eigenvalue weighted by molar-refractivity contribution is 6.02. The quantitative estimate of drug-likeness (QED) is 0.284. The summed E-state index contributed by atoms with van der Waals surface area (Å²) in [6.45, 7) is -0.525. The molecule has 6 aromatic rings. The number of para-hydroxylation sites is 1. The van der Waals surface area contributed by atoms with Gasteiger partial charge in [-0.25, -0.2) is 9.78 Å². The summed E-state index contributed by atoms with van der Waals surface area (Å²) < 4.78 is 18.3. The molecule has 39 heavy (non-hydrogen) atoms. The first kappa shape index (κ1) is 23.9. The summed E-state index contributed by atoms with van der Waals surface area (Å²) in [4.78, 5) is 29.6. The third-order valence-electron chi connectivity index (χ3n) is 6.30. The van der Waals surface area contributed by atoms with Gasteiger partial charge in [0.1, 0.15) is 17.1 Å². The van der Waals surface area contributed by atoms with Crippen molar-refractivity contribution in [2.75, 3.05) is 13.7 Å². The second kappa shape index (κ2) is 9.79. The molecule has 0 bridgehead atoms. The minimum absolute atomic E-state index is 0.196. The van der Waals surface area contributed by atoms with Crippen LogP contribution < -0.4 is 15.0 Å². The SMILES string of the molecule is COc1cccc2oc(-c3nc4ccccc4c(=O)n3N=Cc3c(OCC(=O)O)ccc4ccccc34)cc12. The molecular formula is C30H21N3O6. The molecule has 2 aromatic heterocycles. The highest BCUT2D eigenvalue weighted by atomic mass is 16.5. The van der Waals surface area contributed by atoms with Gasteiger partial charge in [0.05, 0.1) is 29.6 Å². The first-order valence-corrected chi connectivity index (χ1v) is 12.0. The average molecular weight is 520 g/mol. The number of hydrogen-bond acceptors (Lipinski definition) is 7. The van der Waals surface area contributed by atoms with Gasteiger partial charge in [0.25, 0.3) is 5.56 Å². The van der Waals surface area contributed by atoms with Crippen molar-refractivity contribution in [3.63, 3.8) is 0 Å². The van der Waals surface area contributed by atoms with Crippen molar-refractivity contribution >= 4 is 44.8 Å². The molecule has 0 aliphatic rings. The number of carboxylic acid groups (broad SMARTS) is 1. The minimum Gasteiger partial charge on any atom is -0.496 e. The highest BCUT2D eigenvalue weighted by Gasteiger charge is 2.18. The van der Waals surface area contributed by atoms with Gasteiger partial charge in [-0.15, -0.1) is 0 Å². The number of aliphatic carboxylic acids is 1. The summed E-state index contributed by atoms with van der Waals surface area (Å²) in [5.74, 6) is 0.355. The fraction of sp³-hybridized carbons (Fsp3) is 0.0667. The van der Waals surface area contributed by atoms with Crippen LogP contribution in [0.4, 0.5) is 0 Å². The van der Waals surface area contributed by atoms with Crippen LogP contribution in [0.25, 0.3) is 44.2 Å². The lowest BCUT2D eigenvalue weighted by molar-refractivity contribution is -0.139. The summed E-state index contributed by atoms with van der Waals surface area (Å²) in [5, 5.41) is 16.5. The Labute approximate surface area is 221 Å². The maximum absolute atomic E-state index is 13.7. The van der Waals surface area contributed by atoms with E-state index in [2.05, 4.69) is 5.10 Å². The first-order valence-electron chi connectivity index (χ1n) is 12.0. The predicted octanol–water partition coefficient (Wildman–Crippen LogP) is 5.32. The first-order chi connectivity index (χ1) is 19.0. The van der Waals surface area contributed by atoms with E-state index in [0.717, 1.165) is 16.2 Å². The van der Waals surface area contributed by atoms with E-state index in [-0.39, 0.29) is 5.82 Å². The number of carbonyl (C=O) groups is 1. The Bertz CT molecular complexity index is 1970. The van der Waals surface area contributed by atoms with Gasteiger partial charge in [-0.1, -0.05) is 48.5 Å². The molecule has 2 heterocycles. The number of rotatable bonds is 7. The zero-order chi connectivity index (χ0) is 26.9. The Balaban J connectivity index is 1.58. The van der Waals surface area contributed by atoms with Crippen LogP contribution in [0.2, 0.25) is 0 Å². The maximum atomic E-state index is 13.7. The van der Waals surface area contributed by atoms with E-state index in [1.807, 2.05) is 42.5 Å². The normalized spacial score (nSPS) is 11.5. The molecule has 0 amide bonds. The molecule has 0 fully saturated rings. The van der Waals surface area contributed by atoms with E-state index in [0.29, 0.717) is 39.3 Å². The van der Waals surface area contributed by atoms with Crippen LogP contribution in [0.5, 0.6) is 11.5 Å². The van der Waals surface area contributed by atoms with Crippen LogP contribution in [0.15, 0.2) is 99.2 Å². The van der Waals surface area contributed by atoms with Crippen molar-refractivity contribution in [3.8, 4) is 23.1 Å². The molecule has 6 rings (SSSR count). The van der Waals surface area contributed by atoms with Gasteiger partial charge in [0.2, 0.25) is 5.82 Å². The van der Waals surface area contributed by atoms with Gasteiger partial charge < -0.3 is 19.0 Å². The van der Waals surface area contributed by atoms with Gasteiger partial charge >= 0.3 is 5.97 Å². The second-order valence-electron chi connectivity index (χ2n) is 8.68. The Morgan fingerprint density at radius 3 is 2.59 bits per heavy atom. The number of furan rings is 1. The van der Waals surface area contributed by atoms with Crippen LogP contribution >= 0.6 is 0 Å². The van der Waals surface area contributed by atoms with Crippen LogP contribution in [0.1, 0.15) is 5.56 Å². The molecular weight excluding hydrogens is 498 g/mol. The summed E-state index contributed by atoms with van der Waals surface area (Å²) in [5.41, 5.74) is 1.19. The summed E-state index contributed by atoms with van der Waals surface area (Å²) in [6, 6.07) is 25.2. The molecule has 0 saturated carbocycles. The van der Waals surface area contributed by atoms with Crippen LogP contribution in [0, 0.1) is 0 Å². The van der Waals surface area contributed by atoms with E-state index in [1.165, 1.54) is 10.9 Å². The molecule has 0 aliphatic heterocycles. The predicted molar refractivity (Wildman–Crippen MR) is 148 cm³/mol. The number of carboxylic acids is 1. The van der Waals surface area contributed by atoms with Gasteiger partial charge in [0, 0.05) is 5.56 Å². The number of methoxy groups -OCH3 is 1. The van der Waals surface area contributed by atoms with E-state index < -0.39 is 18.1 Å². The van der Waals surface area contributed by atoms with Crippen LogP contribution in [-0.2, 0) is 4.79 Å². The monoisotopic (exact) mass is 519 g/mol. The molecule has 0 unspecified atom stereocenters. The summed E-state index contributed by atoms with van der Waals surface area (Å²) in [6.07, 6.45) is 1.48. The lowest BCUT2D eigenvalue weighted by Crippen LogP contribution is -2.20. The molecule has 0 spiro atoms. The third kappa shape index (κ3) is 4.36. The van der Waals surface area contributed by atoms with Crippen molar-refractivity contribution in [3.05, 3.63) is 101 Å². The maximum Gasteiger partial charge on any atom is 0.341 e. The van der Waals surface area contributed by atoms with Crippen molar-refractivity contribution in [1.82, 2.24) is 9.66 Å². The Kier molecular flexibility index (Phi) is 6.01. The highest BCUT2D eigenvalue weighted by Crippen LogP contribution is 2.33. The molecule has 0 atom stereocenters. The van der Waals surface area contributed by atoms with Crippen LogP contribution in [0.3, 0.4) is 0 Å². The van der Waals surface area contributed by atoms with Crippen molar-refractivity contribution in [2.24, 2.45) is 5.10 Å². The number of benzene rings is 4. The molecule has 9 heteroatoms. The zero-order valence-electron chi connectivity index (χ0n) is 20.7. The minimum atomic E-state index is -1.11. The molecule has 0 radical (unpaired) electrons. The smallest absolute Gasteiger partial charge is 0.341 e. The van der Waals surface area contributed by atoms with Crippen molar-refractivity contribution in [1.29, 1.82) is 0 Å². The van der Waals surface area contributed by atoms with Crippen molar-refractivity contribution in [2.45, 2.75) is 0 Å². The average Bonchev–Trinajstić information content (AvgIpc) is 3.40. The molecule has 1 N–H and O–H groups in total. The molecule has 0 saturated heterocycles. The van der Waals surface area contributed by atoms with E-state index >= 15 is 0 Å². The Morgan fingerprint density at radius 2 is 1.77 bits per heavy atom. The van der Waals surface area contributed by atoms with Gasteiger partial charge in [-0.05, 0) is 47.2 Å². The largest absolute Gasteiger partial charge is 0.496 e. The van der Waals surface area contributed by atoms with Gasteiger partial charge in [-0.3, -0.25) is 4.79 Å². The fourth-order valence-electron chi connectivity index (χ4n) is 4.50. The topological polar surface area (TPSA) is 116 Å². The number of aromatic nitrogens is 2. The fourth-order valence-corrected chi connectivity index (χ4v) is 4.50. The second-order valence-corrected chi connectivity index (χ2v) is 8.68. The Morgan fingerprint density at radius 1 is 0.974 bits per heavy atom. The summed E-state index contributed by atoms with van der Waals surface area (Å²) >= 11 is 0. The number of nitrogens with zero attached hydrogens (tertiary/aromatic N) is 3. The lowest BCUT2D eigenvalue weighted by Gasteiger charge is -2.11.